The predicted octanol–water partition coefficient (Wildman–Crippen LogP) is 4.62. The highest BCUT2D eigenvalue weighted by molar-refractivity contribution is 9.10. The third kappa shape index (κ3) is 5.26. The first-order valence-electron chi connectivity index (χ1n) is 10.0. The van der Waals surface area contributed by atoms with Crippen LogP contribution in [0.15, 0.2) is 22.2 Å². The van der Waals surface area contributed by atoms with Gasteiger partial charge in [-0.15, -0.1) is 11.3 Å². The summed E-state index contributed by atoms with van der Waals surface area (Å²) >= 11 is 4.40. The first-order valence-corrected chi connectivity index (χ1v) is 11.6. The van der Waals surface area contributed by atoms with E-state index in [-0.39, 0.29) is 42.4 Å². The SMILES string of the molecule is CCOC(=O)c1sc(CC(=O)/C(C#N)=C/c2cc3c(cc2Br)OCO3)c(C(=O)OCC)c1C. The van der Waals surface area contributed by atoms with Gasteiger partial charge in [0.05, 0.1) is 24.4 Å². The Balaban J connectivity index is 1.96. The van der Waals surface area contributed by atoms with Gasteiger partial charge in [-0.3, -0.25) is 4.79 Å². The van der Waals surface area contributed by atoms with Gasteiger partial charge in [0.1, 0.15) is 10.9 Å². The number of thiophene rings is 1. The lowest BCUT2D eigenvalue weighted by Crippen LogP contribution is -2.12. The summed E-state index contributed by atoms with van der Waals surface area (Å²) in [6.07, 6.45) is 1.19. The predicted molar refractivity (Wildman–Crippen MR) is 124 cm³/mol. The third-order valence-corrected chi connectivity index (χ3v) is 6.65. The van der Waals surface area contributed by atoms with Crippen molar-refractivity contribution in [3.05, 3.63) is 48.6 Å². The molecule has 0 bridgehead atoms. The number of nitrogens with zero attached hydrogens (tertiary/aromatic N) is 1. The van der Waals surface area contributed by atoms with E-state index in [1.54, 1.807) is 32.9 Å². The summed E-state index contributed by atoms with van der Waals surface area (Å²) in [5.74, 6) is -0.658. The molecule has 0 amide bonds. The molecular formula is C23H20BrNO7S. The molecule has 0 spiro atoms. The molecule has 0 radical (unpaired) electrons. The van der Waals surface area contributed by atoms with E-state index in [9.17, 15) is 19.6 Å². The summed E-state index contributed by atoms with van der Waals surface area (Å²) in [6, 6.07) is 5.28. The van der Waals surface area contributed by atoms with E-state index >= 15 is 0 Å². The molecule has 10 heteroatoms. The second-order valence-electron chi connectivity index (χ2n) is 6.79. The van der Waals surface area contributed by atoms with Crippen LogP contribution >= 0.6 is 27.3 Å². The van der Waals surface area contributed by atoms with Crippen LogP contribution in [0.3, 0.4) is 0 Å². The van der Waals surface area contributed by atoms with Crippen LogP contribution in [0.2, 0.25) is 0 Å². The van der Waals surface area contributed by atoms with Gasteiger partial charge in [-0.1, -0.05) is 15.9 Å². The quantitative estimate of drug-likeness (QED) is 0.274. The second kappa shape index (κ2) is 10.6. The Kier molecular flexibility index (Phi) is 7.89. The molecule has 8 nitrogen and oxygen atoms in total. The van der Waals surface area contributed by atoms with Crippen LogP contribution < -0.4 is 9.47 Å². The molecule has 1 aromatic heterocycles. The highest BCUT2D eigenvalue weighted by Crippen LogP contribution is 2.38. The fourth-order valence-corrected chi connectivity index (χ4v) is 4.80. The molecule has 0 fully saturated rings. The van der Waals surface area contributed by atoms with Crippen LogP contribution in [0.25, 0.3) is 6.08 Å². The highest BCUT2D eigenvalue weighted by atomic mass is 79.9. The van der Waals surface area contributed by atoms with Crippen molar-refractivity contribution in [1.82, 2.24) is 0 Å². The fourth-order valence-electron chi connectivity index (χ4n) is 3.17. The Bertz CT molecular complexity index is 1190. The van der Waals surface area contributed by atoms with Gasteiger partial charge in [0.25, 0.3) is 0 Å². The first kappa shape index (κ1) is 24.5. The molecule has 0 atom stereocenters. The molecule has 1 aliphatic rings. The lowest BCUT2D eigenvalue weighted by atomic mass is 10.0. The van der Waals surface area contributed by atoms with Gasteiger partial charge in [0.2, 0.25) is 6.79 Å². The van der Waals surface area contributed by atoms with E-state index in [4.69, 9.17) is 18.9 Å². The molecule has 0 saturated heterocycles. The summed E-state index contributed by atoms with van der Waals surface area (Å²) in [6.45, 7) is 5.35. The van der Waals surface area contributed by atoms with Gasteiger partial charge in [0.15, 0.2) is 17.3 Å². The Hall–Kier alpha value is -3.16. The molecule has 1 aromatic carbocycles. The number of Topliss-reactive ketones (excluding diaryl/α,β-unsaturated/α-hetero) is 1. The minimum atomic E-state index is -0.634. The molecule has 0 N–H and O–H groups in total. The number of carbonyl (C=O) groups is 3. The molecular weight excluding hydrogens is 514 g/mol. The van der Waals surface area contributed by atoms with Gasteiger partial charge >= 0.3 is 11.9 Å². The van der Waals surface area contributed by atoms with Crippen LogP contribution in [0, 0.1) is 18.3 Å². The summed E-state index contributed by atoms with van der Waals surface area (Å²) < 4.78 is 21.5. The van der Waals surface area contributed by atoms with Crippen LogP contribution in [-0.2, 0) is 20.7 Å². The van der Waals surface area contributed by atoms with Crippen LogP contribution in [0.1, 0.15) is 49.9 Å². The number of ether oxygens (including phenoxy) is 4. The molecule has 2 heterocycles. The molecule has 2 aromatic rings. The van der Waals surface area contributed by atoms with E-state index in [2.05, 4.69) is 15.9 Å². The lowest BCUT2D eigenvalue weighted by molar-refractivity contribution is -0.114. The number of allylic oxidation sites excluding steroid dienone is 1. The van der Waals surface area contributed by atoms with Gasteiger partial charge in [-0.05, 0) is 50.1 Å². The van der Waals surface area contributed by atoms with Gasteiger partial charge < -0.3 is 18.9 Å². The Morgan fingerprint density at radius 3 is 2.42 bits per heavy atom. The smallest absolute Gasteiger partial charge is 0.348 e. The first-order chi connectivity index (χ1) is 15.8. The zero-order valence-electron chi connectivity index (χ0n) is 18.2. The summed E-state index contributed by atoms with van der Waals surface area (Å²) in [5.41, 5.74) is 0.984. The van der Waals surface area contributed by atoms with Crippen LogP contribution in [-0.4, -0.2) is 37.7 Å². The number of hydrogen-bond acceptors (Lipinski definition) is 9. The molecule has 0 unspecified atom stereocenters. The van der Waals surface area contributed by atoms with Crippen molar-refractivity contribution in [3.8, 4) is 17.6 Å². The Labute approximate surface area is 202 Å². The van der Waals surface area contributed by atoms with Crippen LogP contribution in [0.5, 0.6) is 11.5 Å². The number of hydrogen-bond donors (Lipinski definition) is 0. The number of esters is 2. The zero-order chi connectivity index (χ0) is 24.1. The number of carbonyl (C=O) groups excluding carboxylic acids is 3. The highest BCUT2D eigenvalue weighted by Gasteiger charge is 2.28. The van der Waals surface area contributed by atoms with Crippen molar-refractivity contribution in [2.24, 2.45) is 0 Å². The van der Waals surface area contributed by atoms with Gasteiger partial charge in [0, 0.05) is 15.8 Å². The average Bonchev–Trinajstić information content (AvgIpc) is 3.35. The molecule has 1 aliphatic heterocycles. The van der Waals surface area contributed by atoms with E-state index in [1.807, 2.05) is 6.07 Å². The average molecular weight is 534 g/mol. The second-order valence-corrected chi connectivity index (χ2v) is 8.75. The molecule has 33 heavy (non-hydrogen) atoms. The van der Waals surface area contributed by atoms with E-state index < -0.39 is 17.7 Å². The van der Waals surface area contributed by atoms with E-state index in [0.717, 1.165) is 11.3 Å². The molecule has 3 rings (SSSR count). The molecule has 0 saturated carbocycles. The Morgan fingerprint density at radius 1 is 1.15 bits per heavy atom. The van der Waals surface area contributed by atoms with Crippen molar-refractivity contribution in [2.75, 3.05) is 20.0 Å². The minimum Gasteiger partial charge on any atom is -0.462 e. The van der Waals surface area contributed by atoms with Crippen molar-refractivity contribution in [1.29, 1.82) is 5.26 Å². The number of nitriles is 1. The maximum atomic E-state index is 13.0. The van der Waals surface area contributed by atoms with Crippen molar-refractivity contribution >= 4 is 51.1 Å². The lowest BCUT2D eigenvalue weighted by Gasteiger charge is -2.06. The number of fused-ring (bicyclic) bond motifs is 1. The summed E-state index contributed by atoms with van der Waals surface area (Å²) in [4.78, 5) is 38.5. The largest absolute Gasteiger partial charge is 0.462 e. The Morgan fingerprint density at radius 2 is 1.79 bits per heavy atom. The standard InChI is InChI=1S/C23H20BrNO7S/c1-4-29-22(27)20-12(3)21(23(28)30-5-2)33-19(20)9-16(26)14(10-25)6-13-7-17-18(8-15(13)24)32-11-31-17/h6-8H,4-5,9,11H2,1-3H3/b14-6+. The number of ketones is 1. The number of benzene rings is 1. The third-order valence-electron chi connectivity index (χ3n) is 4.69. The van der Waals surface area contributed by atoms with Gasteiger partial charge in [-0.25, -0.2) is 9.59 Å². The number of halogens is 1. The monoisotopic (exact) mass is 533 g/mol. The zero-order valence-corrected chi connectivity index (χ0v) is 20.6. The molecule has 0 aliphatic carbocycles. The number of rotatable bonds is 8. The van der Waals surface area contributed by atoms with E-state index in [0.29, 0.717) is 32.0 Å². The van der Waals surface area contributed by atoms with E-state index in [1.165, 1.54) is 6.08 Å². The maximum Gasteiger partial charge on any atom is 0.348 e. The summed E-state index contributed by atoms with van der Waals surface area (Å²) in [7, 11) is 0. The fraction of sp³-hybridized carbons (Fsp3) is 0.304. The summed E-state index contributed by atoms with van der Waals surface area (Å²) in [5, 5.41) is 9.63. The van der Waals surface area contributed by atoms with Crippen LogP contribution in [0.4, 0.5) is 0 Å². The normalized spacial score (nSPS) is 12.3. The van der Waals surface area contributed by atoms with Gasteiger partial charge in [-0.2, -0.15) is 5.26 Å². The van der Waals surface area contributed by atoms with Crippen molar-refractivity contribution in [3.63, 3.8) is 0 Å². The maximum absolute atomic E-state index is 13.0. The minimum absolute atomic E-state index is 0.0934. The van der Waals surface area contributed by atoms with Crippen molar-refractivity contribution in [2.45, 2.75) is 27.2 Å². The topological polar surface area (TPSA) is 112 Å². The molecule has 172 valence electrons. The van der Waals surface area contributed by atoms with Crippen molar-refractivity contribution < 1.29 is 33.3 Å².